The van der Waals surface area contributed by atoms with E-state index in [0.29, 0.717) is 43.7 Å². The second kappa shape index (κ2) is 11.5. The van der Waals surface area contributed by atoms with Gasteiger partial charge in [-0.25, -0.2) is 9.79 Å². The molecule has 37 heavy (non-hydrogen) atoms. The SMILES string of the molecule is CCOC(=O)C1=C(C)N=c2s/c(=C\c3cc(I)c(O)c(I)c3)c(=O)n2[C@H]1c1cc(OC)c(OC)cc1Br. The van der Waals surface area contributed by atoms with Gasteiger partial charge in [-0.2, -0.15) is 0 Å². The highest BCUT2D eigenvalue weighted by Crippen LogP contribution is 2.40. The number of phenols is 1. The van der Waals surface area contributed by atoms with Crippen molar-refractivity contribution in [2.45, 2.75) is 19.9 Å². The fourth-order valence-corrected chi connectivity index (χ4v) is 7.39. The maximum Gasteiger partial charge on any atom is 0.338 e. The van der Waals surface area contributed by atoms with E-state index < -0.39 is 12.0 Å². The number of aromatic nitrogens is 1. The Morgan fingerprint density at radius 1 is 1.19 bits per heavy atom. The maximum atomic E-state index is 13.8. The maximum absolute atomic E-state index is 13.8. The number of phenolic OH excluding ortho intramolecular Hbond substituents is 1. The molecule has 1 aliphatic rings. The van der Waals surface area contributed by atoms with E-state index in [2.05, 4.69) is 66.1 Å². The highest BCUT2D eigenvalue weighted by atomic mass is 127. The van der Waals surface area contributed by atoms with Crippen LogP contribution in [-0.2, 0) is 9.53 Å². The molecular formula is C25H21BrI2N2O6S. The Hall–Kier alpha value is -1.91. The van der Waals surface area contributed by atoms with Crippen molar-refractivity contribution in [2.24, 2.45) is 4.99 Å². The number of hydrogen-bond donors (Lipinski definition) is 1. The molecule has 0 unspecified atom stereocenters. The van der Waals surface area contributed by atoms with Gasteiger partial charge in [0.2, 0.25) is 0 Å². The fraction of sp³-hybridized carbons (Fsp3) is 0.240. The number of ether oxygens (including phenoxy) is 3. The number of allylic oxidation sites excluding steroid dienone is 1. The second-order valence-electron chi connectivity index (χ2n) is 7.86. The molecule has 1 aliphatic heterocycles. The van der Waals surface area contributed by atoms with Gasteiger partial charge in [-0.05, 0) is 100 Å². The first-order valence-corrected chi connectivity index (χ1v) is 14.7. The normalized spacial score (nSPS) is 15.3. The van der Waals surface area contributed by atoms with Crippen LogP contribution in [0.2, 0.25) is 0 Å². The van der Waals surface area contributed by atoms with Gasteiger partial charge in [0.1, 0.15) is 5.75 Å². The van der Waals surface area contributed by atoms with E-state index in [4.69, 9.17) is 14.2 Å². The Balaban J connectivity index is 2.02. The summed E-state index contributed by atoms with van der Waals surface area (Å²) in [7, 11) is 3.06. The number of aromatic hydroxyl groups is 1. The molecule has 194 valence electrons. The van der Waals surface area contributed by atoms with E-state index in [9.17, 15) is 14.7 Å². The van der Waals surface area contributed by atoms with Gasteiger partial charge in [0.05, 0.1) is 49.8 Å². The third-order valence-electron chi connectivity index (χ3n) is 5.65. The van der Waals surface area contributed by atoms with E-state index in [1.165, 1.54) is 30.1 Å². The van der Waals surface area contributed by atoms with Gasteiger partial charge in [-0.3, -0.25) is 9.36 Å². The molecule has 4 rings (SSSR count). The number of thiazole rings is 1. The molecule has 1 N–H and O–H groups in total. The average molecular weight is 811 g/mol. The largest absolute Gasteiger partial charge is 0.506 e. The number of benzene rings is 2. The lowest BCUT2D eigenvalue weighted by molar-refractivity contribution is -0.139. The molecule has 0 aliphatic carbocycles. The highest BCUT2D eigenvalue weighted by Gasteiger charge is 2.35. The van der Waals surface area contributed by atoms with Crippen molar-refractivity contribution in [2.75, 3.05) is 20.8 Å². The van der Waals surface area contributed by atoms with Gasteiger partial charge in [-0.1, -0.05) is 27.3 Å². The standard InChI is InChI=1S/C25H21BrI2N2O6S/c1-5-36-24(33)20-11(2)29-25-30(21(20)13-9-17(34-3)18(35-4)10-14(13)26)23(32)19(37-25)8-12-6-15(27)22(31)16(28)7-12/h6-10,21,31H,5H2,1-4H3/b19-8-/t21-/m0/s1. The molecule has 0 spiro atoms. The molecule has 0 saturated carbocycles. The van der Waals surface area contributed by atoms with Crippen molar-refractivity contribution in [3.8, 4) is 17.2 Å². The zero-order valence-corrected chi connectivity index (χ0v) is 26.8. The molecule has 0 amide bonds. The zero-order chi connectivity index (χ0) is 27.0. The summed E-state index contributed by atoms with van der Waals surface area (Å²) in [6, 6.07) is 6.27. The van der Waals surface area contributed by atoms with Gasteiger partial charge in [0, 0.05) is 4.47 Å². The molecule has 12 heteroatoms. The number of carbonyl (C=O) groups is 1. The Morgan fingerprint density at radius 3 is 2.41 bits per heavy atom. The van der Waals surface area contributed by atoms with Crippen LogP contribution in [-0.4, -0.2) is 36.5 Å². The molecule has 1 aromatic heterocycles. The minimum atomic E-state index is -0.813. The minimum Gasteiger partial charge on any atom is -0.506 e. The van der Waals surface area contributed by atoms with Crippen LogP contribution in [0.5, 0.6) is 17.2 Å². The van der Waals surface area contributed by atoms with Crippen LogP contribution in [0.4, 0.5) is 0 Å². The number of nitrogens with zero attached hydrogens (tertiary/aromatic N) is 2. The molecule has 8 nitrogen and oxygen atoms in total. The molecule has 0 bridgehead atoms. The van der Waals surface area contributed by atoms with Crippen molar-refractivity contribution in [1.82, 2.24) is 4.57 Å². The van der Waals surface area contributed by atoms with Crippen LogP contribution in [0.25, 0.3) is 6.08 Å². The summed E-state index contributed by atoms with van der Waals surface area (Å²) in [5.74, 6) is 0.606. The van der Waals surface area contributed by atoms with Crippen LogP contribution in [0.3, 0.4) is 0 Å². The molecule has 2 heterocycles. The lowest BCUT2D eigenvalue weighted by atomic mass is 9.95. The molecular weight excluding hydrogens is 790 g/mol. The number of methoxy groups -OCH3 is 2. The van der Waals surface area contributed by atoms with Gasteiger partial charge in [0.15, 0.2) is 16.3 Å². The van der Waals surface area contributed by atoms with E-state index >= 15 is 0 Å². The number of fused-ring (bicyclic) bond motifs is 1. The average Bonchev–Trinajstić information content (AvgIpc) is 3.15. The molecule has 1 atom stereocenters. The van der Waals surface area contributed by atoms with Crippen LogP contribution in [0, 0.1) is 7.14 Å². The number of carbonyl (C=O) groups excluding carboxylic acids is 1. The van der Waals surface area contributed by atoms with Gasteiger partial charge in [0.25, 0.3) is 5.56 Å². The fourth-order valence-electron chi connectivity index (χ4n) is 3.99. The van der Waals surface area contributed by atoms with Crippen molar-refractivity contribution < 1.29 is 24.1 Å². The molecule has 0 radical (unpaired) electrons. The molecule has 2 aromatic carbocycles. The van der Waals surface area contributed by atoms with Crippen molar-refractivity contribution >= 4 is 84.5 Å². The zero-order valence-electron chi connectivity index (χ0n) is 20.1. The van der Waals surface area contributed by atoms with Crippen molar-refractivity contribution in [3.63, 3.8) is 0 Å². The monoisotopic (exact) mass is 810 g/mol. The minimum absolute atomic E-state index is 0.179. The van der Waals surface area contributed by atoms with E-state index in [0.717, 1.165) is 5.56 Å². The number of esters is 1. The summed E-state index contributed by atoms with van der Waals surface area (Å²) in [6.45, 7) is 3.64. The number of halogens is 3. The third-order valence-corrected chi connectivity index (χ3v) is 8.97. The first-order valence-electron chi connectivity index (χ1n) is 10.9. The van der Waals surface area contributed by atoms with Crippen LogP contribution in [0.15, 0.2) is 49.8 Å². The first kappa shape index (κ1) is 28.1. The second-order valence-corrected chi connectivity index (χ2v) is 12.1. The quantitative estimate of drug-likeness (QED) is 0.291. The molecule has 0 saturated heterocycles. The predicted molar refractivity (Wildman–Crippen MR) is 161 cm³/mol. The summed E-state index contributed by atoms with van der Waals surface area (Å²) in [5, 5.41) is 10.1. The van der Waals surface area contributed by atoms with E-state index in [1.54, 1.807) is 44.2 Å². The van der Waals surface area contributed by atoms with Crippen molar-refractivity contribution in [1.29, 1.82) is 0 Å². The summed E-state index contributed by atoms with van der Waals surface area (Å²) in [6.07, 6.45) is 1.76. The first-order chi connectivity index (χ1) is 17.6. The summed E-state index contributed by atoms with van der Waals surface area (Å²) < 4.78 is 20.2. The van der Waals surface area contributed by atoms with Gasteiger partial charge >= 0.3 is 5.97 Å². The molecule has 0 fully saturated rings. The number of rotatable bonds is 6. The Labute approximate surface area is 252 Å². The van der Waals surface area contributed by atoms with E-state index in [1.807, 2.05) is 0 Å². The topological polar surface area (TPSA) is 99.4 Å². The summed E-state index contributed by atoms with van der Waals surface area (Å²) >= 11 is 8.93. The van der Waals surface area contributed by atoms with E-state index in [-0.39, 0.29) is 23.5 Å². The third kappa shape index (κ3) is 5.34. The van der Waals surface area contributed by atoms with Gasteiger partial charge < -0.3 is 19.3 Å². The van der Waals surface area contributed by atoms with Crippen LogP contribution in [0.1, 0.15) is 31.0 Å². The van der Waals surface area contributed by atoms with Crippen LogP contribution >= 0.6 is 72.4 Å². The van der Waals surface area contributed by atoms with Crippen LogP contribution < -0.4 is 24.4 Å². The molecule has 3 aromatic rings. The Kier molecular flexibility index (Phi) is 8.70. The Bertz CT molecular complexity index is 1610. The highest BCUT2D eigenvalue weighted by molar-refractivity contribution is 14.1. The van der Waals surface area contributed by atoms with Gasteiger partial charge in [-0.15, -0.1) is 0 Å². The summed E-state index contributed by atoms with van der Waals surface area (Å²) in [5.41, 5.74) is 1.82. The lowest BCUT2D eigenvalue weighted by Crippen LogP contribution is -2.40. The Morgan fingerprint density at radius 2 is 1.81 bits per heavy atom. The smallest absolute Gasteiger partial charge is 0.338 e. The predicted octanol–water partition coefficient (Wildman–Crippen LogP) is 4.49. The number of hydrogen-bond acceptors (Lipinski definition) is 8. The summed E-state index contributed by atoms with van der Waals surface area (Å²) in [4.78, 5) is 32.1. The van der Waals surface area contributed by atoms with Crippen molar-refractivity contribution in [3.05, 3.63) is 78.0 Å². The lowest BCUT2D eigenvalue weighted by Gasteiger charge is -2.26.